The third-order valence-corrected chi connectivity index (χ3v) is 3.16. The third-order valence-electron chi connectivity index (χ3n) is 2.43. The fraction of sp³-hybridized carbons (Fsp3) is 0. The first kappa shape index (κ1) is 13.5. The standard InChI is InChI=1S/C13H9Cl2NO3/c14-8-5-4-7(6-9(8)15)16-13(19)12-10(17)2-1-3-11(12)18/h1-6,17-18H,(H,16,19). The maximum Gasteiger partial charge on any atom is 0.263 e. The molecule has 0 aliphatic carbocycles. The van der Waals surface area contributed by atoms with E-state index in [1.165, 1.54) is 30.3 Å². The van der Waals surface area contributed by atoms with Gasteiger partial charge in [-0.25, -0.2) is 0 Å². The number of anilines is 1. The van der Waals surface area contributed by atoms with E-state index < -0.39 is 5.91 Å². The molecule has 1 amide bonds. The first-order valence-corrected chi connectivity index (χ1v) is 6.02. The van der Waals surface area contributed by atoms with Gasteiger partial charge in [0.05, 0.1) is 10.0 Å². The molecule has 98 valence electrons. The number of amides is 1. The van der Waals surface area contributed by atoms with Crippen molar-refractivity contribution < 1.29 is 15.0 Å². The zero-order valence-corrected chi connectivity index (χ0v) is 11.0. The quantitative estimate of drug-likeness (QED) is 0.792. The van der Waals surface area contributed by atoms with Gasteiger partial charge < -0.3 is 15.5 Å². The Morgan fingerprint density at radius 3 is 2.21 bits per heavy atom. The summed E-state index contributed by atoms with van der Waals surface area (Å²) in [5.74, 6) is -1.26. The zero-order chi connectivity index (χ0) is 14.0. The lowest BCUT2D eigenvalue weighted by Crippen LogP contribution is -2.12. The van der Waals surface area contributed by atoms with Crippen LogP contribution in [0, 0.1) is 0 Å². The molecule has 2 aromatic rings. The Hall–Kier alpha value is -1.91. The highest BCUT2D eigenvalue weighted by atomic mass is 35.5. The smallest absolute Gasteiger partial charge is 0.263 e. The highest BCUT2D eigenvalue weighted by Crippen LogP contribution is 2.29. The normalized spacial score (nSPS) is 10.2. The van der Waals surface area contributed by atoms with Crippen LogP contribution in [0.25, 0.3) is 0 Å². The largest absolute Gasteiger partial charge is 0.507 e. The molecular formula is C13H9Cl2NO3. The fourth-order valence-corrected chi connectivity index (χ4v) is 1.83. The van der Waals surface area contributed by atoms with E-state index in [4.69, 9.17) is 23.2 Å². The number of nitrogens with one attached hydrogen (secondary N) is 1. The Labute approximate surface area is 119 Å². The average molecular weight is 298 g/mol. The summed E-state index contributed by atoms with van der Waals surface area (Å²) in [4.78, 5) is 11.9. The van der Waals surface area contributed by atoms with Gasteiger partial charge in [0, 0.05) is 5.69 Å². The van der Waals surface area contributed by atoms with Crippen molar-refractivity contribution in [2.75, 3.05) is 5.32 Å². The molecule has 0 saturated heterocycles. The van der Waals surface area contributed by atoms with Crippen LogP contribution < -0.4 is 5.32 Å². The molecule has 0 aliphatic heterocycles. The van der Waals surface area contributed by atoms with Crippen LogP contribution in [0.3, 0.4) is 0 Å². The SMILES string of the molecule is O=C(Nc1ccc(Cl)c(Cl)c1)c1c(O)cccc1O. The first-order valence-electron chi connectivity index (χ1n) is 5.26. The average Bonchev–Trinajstić information content (AvgIpc) is 2.33. The molecule has 19 heavy (non-hydrogen) atoms. The molecule has 0 atom stereocenters. The minimum atomic E-state index is -0.644. The number of rotatable bonds is 2. The van der Waals surface area contributed by atoms with Gasteiger partial charge in [0.25, 0.3) is 5.91 Å². The molecule has 0 aliphatic rings. The summed E-state index contributed by atoms with van der Waals surface area (Å²) in [7, 11) is 0. The number of phenolic OH excluding ortho intramolecular Hbond substituents is 2. The van der Waals surface area contributed by atoms with Crippen LogP contribution in [-0.4, -0.2) is 16.1 Å². The van der Waals surface area contributed by atoms with Gasteiger partial charge in [0.2, 0.25) is 0 Å². The number of benzene rings is 2. The Balaban J connectivity index is 2.28. The number of aromatic hydroxyl groups is 2. The number of halogens is 2. The number of carbonyl (C=O) groups is 1. The van der Waals surface area contributed by atoms with Crippen molar-refractivity contribution in [1.82, 2.24) is 0 Å². The predicted octanol–water partition coefficient (Wildman–Crippen LogP) is 3.66. The van der Waals surface area contributed by atoms with E-state index in [2.05, 4.69) is 5.32 Å². The van der Waals surface area contributed by atoms with Gasteiger partial charge >= 0.3 is 0 Å². The van der Waals surface area contributed by atoms with E-state index >= 15 is 0 Å². The van der Waals surface area contributed by atoms with Crippen LogP contribution in [-0.2, 0) is 0 Å². The molecule has 0 radical (unpaired) electrons. The van der Waals surface area contributed by atoms with Crippen LogP contribution in [0.4, 0.5) is 5.69 Å². The second-order valence-electron chi connectivity index (χ2n) is 3.75. The molecule has 0 fully saturated rings. The van der Waals surface area contributed by atoms with Gasteiger partial charge in [0.15, 0.2) is 0 Å². The highest BCUT2D eigenvalue weighted by Gasteiger charge is 2.16. The van der Waals surface area contributed by atoms with Gasteiger partial charge in [-0.1, -0.05) is 29.3 Å². The van der Waals surface area contributed by atoms with Crippen LogP contribution in [0.1, 0.15) is 10.4 Å². The Bertz CT molecular complexity index is 624. The van der Waals surface area contributed by atoms with Crippen molar-refractivity contribution in [1.29, 1.82) is 0 Å². The molecule has 6 heteroatoms. The molecule has 3 N–H and O–H groups in total. The molecule has 0 saturated carbocycles. The summed E-state index contributed by atoms with van der Waals surface area (Å²) in [6.07, 6.45) is 0. The van der Waals surface area contributed by atoms with Crippen molar-refractivity contribution in [2.45, 2.75) is 0 Å². The topological polar surface area (TPSA) is 69.6 Å². The van der Waals surface area contributed by atoms with Gasteiger partial charge in [-0.05, 0) is 30.3 Å². The minimum absolute atomic E-state index is 0.200. The van der Waals surface area contributed by atoms with Crippen molar-refractivity contribution in [2.24, 2.45) is 0 Å². The van der Waals surface area contributed by atoms with E-state index in [1.54, 1.807) is 6.07 Å². The van der Waals surface area contributed by atoms with Gasteiger partial charge in [-0.3, -0.25) is 4.79 Å². The molecule has 2 aromatic carbocycles. The second kappa shape index (κ2) is 5.38. The molecule has 4 nitrogen and oxygen atoms in total. The molecule has 0 heterocycles. The first-order chi connectivity index (χ1) is 8.99. The van der Waals surface area contributed by atoms with Crippen LogP contribution in [0.2, 0.25) is 10.0 Å². The molecule has 0 aromatic heterocycles. The maximum absolute atomic E-state index is 11.9. The second-order valence-corrected chi connectivity index (χ2v) is 4.57. The minimum Gasteiger partial charge on any atom is -0.507 e. The van der Waals surface area contributed by atoms with E-state index in [1.807, 2.05) is 0 Å². The lowest BCUT2D eigenvalue weighted by molar-refractivity contribution is 0.102. The van der Waals surface area contributed by atoms with Gasteiger partial charge in [-0.2, -0.15) is 0 Å². The lowest BCUT2D eigenvalue weighted by Gasteiger charge is -2.09. The van der Waals surface area contributed by atoms with E-state index in [0.29, 0.717) is 15.7 Å². The summed E-state index contributed by atoms with van der Waals surface area (Å²) in [6, 6.07) is 8.61. The van der Waals surface area contributed by atoms with Crippen molar-refractivity contribution in [3.05, 3.63) is 52.0 Å². The number of hydrogen-bond acceptors (Lipinski definition) is 3. The molecule has 2 rings (SSSR count). The van der Waals surface area contributed by atoms with E-state index in [-0.39, 0.29) is 17.1 Å². The lowest BCUT2D eigenvalue weighted by atomic mass is 10.1. The van der Waals surface area contributed by atoms with Crippen molar-refractivity contribution >= 4 is 34.8 Å². The molecule has 0 bridgehead atoms. The number of carbonyl (C=O) groups excluding carboxylic acids is 1. The fourth-order valence-electron chi connectivity index (χ4n) is 1.53. The van der Waals surface area contributed by atoms with Gasteiger partial charge in [0.1, 0.15) is 17.1 Å². The number of phenols is 2. The Kier molecular flexibility index (Phi) is 3.83. The van der Waals surface area contributed by atoms with Crippen LogP contribution in [0.5, 0.6) is 11.5 Å². The van der Waals surface area contributed by atoms with Crippen LogP contribution in [0.15, 0.2) is 36.4 Å². The zero-order valence-electron chi connectivity index (χ0n) is 9.52. The molecular weight excluding hydrogens is 289 g/mol. The third kappa shape index (κ3) is 2.92. The predicted molar refractivity (Wildman–Crippen MR) is 74.2 cm³/mol. The highest BCUT2D eigenvalue weighted by molar-refractivity contribution is 6.42. The maximum atomic E-state index is 11.9. The monoisotopic (exact) mass is 297 g/mol. The Morgan fingerprint density at radius 2 is 1.63 bits per heavy atom. The molecule has 0 unspecified atom stereocenters. The Morgan fingerprint density at radius 1 is 1.00 bits per heavy atom. The van der Waals surface area contributed by atoms with Crippen LogP contribution >= 0.6 is 23.2 Å². The van der Waals surface area contributed by atoms with Crippen molar-refractivity contribution in [3.8, 4) is 11.5 Å². The van der Waals surface area contributed by atoms with Crippen molar-refractivity contribution in [3.63, 3.8) is 0 Å². The van der Waals surface area contributed by atoms with E-state index in [9.17, 15) is 15.0 Å². The van der Waals surface area contributed by atoms with Gasteiger partial charge in [-0.15, -0.1) is 0 Å². The van der Waals surface area contributed by atoms with E-state index in [0.717, 1.165) is 0 Å². The summed E-state index contributed by atoms with van der Waals surface area (Å²) in [5, 5.41) is 22.3. The molecule has 0 spiro atoms. The summed E-state index contributed by atoms with van der Waals surface area (Å²) >= 11 is 11.6. The summed E-state index contributed by atoms with van der Waals surface area (Å²) in [5.41, 5.74) is 0.204. The summed E-state index contributed by atoms with van der Waals surface area (Å²) in [6.45, 7) is 0. The summed E-state index contributed by atoms with van der Waals surface area (Å²) < 4.78 is 0. The number of hydrogen-bond donors (Lipinski definition) is 3.